The van der Waals surface area contributed by atoms with Crippen molar-refractivity contribution in [3.8, 4) is 5.75 Å². The Morgan fingerprint density at radius 2 is 2.32 bits per heavy atom. The Kier molecular flexibility index (Phi) is 3.09. The lowest BCUT2D eigenvalue weighted by Gasteiger charge is -2.35. The lowest BCUT2D eigenvalue weighted by Crippen LogP contribution is -2.51. The van der Waals surface area contributed by atoms with Crippen molar-refractivity contribution < 1.29 is 9.53 Å². The number of hydrogen-bond acceptors (Lipinski definition) is 3. The minimum absolute atomic E-state index is 0.105. The molecule has 1 aliphatic heterocycles. The van der Waals surface area contributed by atoms with Gasteiger partial charge in [0.1, 0.15) is 5.75 Å². The van der Waals surface area contributed by atoms with Crippen LogP contribution in [0.5, 0.6) is 5.75 Å². The lowest BCUT2D eigenvalue weighted by atomic mass is 9.73. The summed E-state index contributed by atoms with van der Waals surface area (Å²) in [6, 6.07) is 5.74. The zero-order valence-electron chi connectivity index (χ0n) is 11.4. The van der Waals surface area contributed by atoms with Gasteiger partial charge < -0.3 is 10.5 Å². The molecule has 1 aromatic rings. The van der Waals surface area contributed by atoms with E-state index >= 15 is 0 Å². The zero-order chi connectivity index (χ0) is 13.5. The molecule has 1 fully saturated rings. The first kappa shape index (κ1) is 12.7. The van der Waals surface area contributed by atoms with Gasteiger partial charge in [-0.25, -0.2) is 0 Å². The monoisotopic (exact) mass is 259 g/mol. The Labute approximate surface area is 114 Å². The van der Waals surface area contributed by atoms with Crippen molar-refractivity contribution >= 4 is 5.78 Å². The second-order valence-electron chi connectivity index (χ2n) is 6.11. The van der Waals surface area contributed by atoms with E-state index in [9.17, 15) is 4.79 Å². The normalized spacial score (nSPS) is 29.7. The van der Waals surface area contributed by atoms with Gasteiger partial charge in [0.2, 0.25) is 0 Å². The van der Waals surface area contributed by atoms with E-state index in [0.717, 1.165) is 49.2 Å². The highest BCUT2D eigenvalue weighted by atomic mass is 16.5. The largest absolute Gasteiger partial charge is 0.493 e. The number of benzene rings is 1. The number of carbonyl (C=O) groups is 1. The molecule has 0 bridgehead atoms. The van der Waals surface area contributed by atoms with E-state index < -0.39 is 5.54 Å². The van der Waals surface area contributed by atoms with Crippen LogP contribution in [0.25, 0.3) is 0 Å². The van der Waals surface area contributed by atoms with E-state index in [0.29, 0.717) is 5.92 Å². The standard InChI is InChI=1S/C16H21NO2/c1-11-3-2-7-16(17,10-11)15(18)13-4-5-14-12(9-13)6-8-19-14/h4-5,9,11H,2-3,6-8,10,17H2,1H3. The summed E-state index contributed by atoms with van der Waals surface area (Å²) in [6.45, 7) is 2.91. The van der Waals surface area contributed by atoms with E-state index in [4.69, 9.17) is 10.5 Å². The second kappa shape index (κ2) is 4.64. The first-order valence-corrected chi connectivity index (χ1v) is 7.18. The SMILES string of the molecule is CC1CCCC(N)(C(=O)c2ccc3c(c2)CCO3)C1. The van der Waals surface area contributed by atoms with E-state index in [1.807, 2.05) is 18.2 Å². The smallest absolute Gasteiger partial charge is 0.182 e. The summed E-state index contributed by atoms with van der Waals surface area (Å²) in [5, 5.41) is 0. The first-order chi connectivity index (χ1) is 9.08. The maximum absolute atomic E-state index is 12.7. The van der Waals surface area contributed by atoms with Crippen LogP contribution in [0.3, 0.4) is 0 Å². The zero-order valence-corrected chi connectivity index (χ0v) is 11.4. The molecule has 1 heterocycles. The van der Waals surface area contributed by atoms with Gasteiger partial charge in [0.05, 0.1) is 12.1 Å². The van der Waals surface area contributed by atoms with Gasteiger partial charge in [0, 0.05) is 12.0 Å². The van der Waals surface area contributed by atoms with E-state index in [2.05, 4.69) is 6.92 Å². The van der Waals surface area contributed by atoms with Gasteiger partial charge >= 0.3 is 0 Å². The summed E-state index contributed by atoms with van der Waals surface area (Å²) >= 11 is 0. The predicted molar refractivity (Wildman–Crippen MR) is 74.5 cm³/mol. The topological polar surface area (TPSA) is 52.3 Å². The fraction of sp³-hybridized carbons (Fsp3) is 0.562. The quantitative estimate of drug-likeness (QED) is 0.831. The fourth-order valence-corrected chi connectivity index (χ4v) is 3.41. The molecule has 0 amide bonds. The molecule has 2 unspecified atom stereocenters. The summed E-state index contributed by atoms with van der Waals surface area (Å²) in [7, 11) is 0. The molecule has 102 valence electrons. The van der Waals surface area contributed by atoms with Crippen LogP contribution in [-0.4, -0.2) is 17.9 Å². The van der Waals surface area contributed by atoms with Crippen molar-refractivity contribution in [3.63, 3.8) is 0 Å². The summed E-state index contributed by atoms with van der Waals surface area (Å²) < 4.78 is 5.48. The molecule has 0 aromatic heterocycles. The Balaban J connectivity index is 1.87. The van der Waals surface area contributed by atoms with Crippen molar-refractivity contribution in [1.29, 1.82) is 0 Å². The van der Waals surface area contributed by atoms with Gasteiger partial charge in [-0.3, -0.25) is 4.79 Å². The van der Waals surface area contributed by atoms with Crippen LogP contribution >= 0.6 is 0 Å². The number of nitrogens with two attached hydrogens (primary N) is 1. The van der Waals surface area contributed by atoms with Crippen molar-refractivity contribution in [3.05, 3.63) is 29.3 Å². The number of hydrogen-bond donors (Lipinski definition) is 1. The number of Topliss-reactive ketones (excluding diaryl/α,β-unsaturated/α-hetero) is 1. The van der Waals surface area contributed by atoms with Crippen LogP contribution in [0.4, 0.5) is 0 Å². The summed E-state index contributed by atoms with van der Waals surface area (Å²) in [4.78, 5) is 12.7. The van der Waals surface area contributed by atoms with Gasteiger partial charge in [0.15, 0.2) is 5.78 Å². The van der Waals surface area contributed by atoms with E-state index in [1.165, 1.54) is 6.42 Å². The molecule has 19 heavy (non-hydrogen) atoms. The minimum Gasteiger partial charge on any atom is -0.493 e. The Hall–Kier alpha value is -1.35. The maximum Gasteiger partial charge on any atom is 0.182 e. The van der Waals surface area contributed by atoms with Crippen molar-refractivity contribution in [2.24, 2.45) is 11.7 Å². The van der Waals surface area contributed by atoms with Crippen molar-refractivity contribution in [2.45, 2.75) is 44.6 Å². The molecule has 0 saturated heterocycles. The third-order valence-electron chi connectivity index (χ3n) is 4.44. The minimum atomic E-state index is -0.661. The van der Waals surface area contributed by atoms with Gasteiger partial charge in [-0.1, -0.05) is 19.8 Å². The Bertz CT molecular complexity index is 511. The molecular weight excluding hydrogens is 238 g/mol. The van der Waals surface area contributed by atoms with Crippen molar-refractivity contribution in [1.82, 2.24) is 0 Å². The van der Waals surface area contributed by atoms with Crippen LogP contribution < -0.4 is 10.5 Å². The summed E-state index contributed by atoms with van der Waals surface area (Å²) in [6.07, 6.45) is 4.75. The average Bonchev–Trinajstić information content (AvgIpc) is 2.84. The van der Waals surface area contributed by atoms with Gasteiger partial charge in [0.25, 0.3) is 0 Å². The van der Waals surface area contributed by atoms with Crippen LogP contribution in [0.2, 0.25) is 0 Å². The molecule has 1 aromatic carbocycles. The molecule has 3 nitrogen and oxygen atoms in total. The van der Waals surface area contributed by atoms with Gasteiger partial charge in [-0.05, 0) is 42.5 Å². The molecule has 1 saturated carbocycles. The Morgan fingerprint density at radius 3 is 3.11 bits per heavy atom. The average molecular weight is 259 g/mol. The number of rotatable bonds is 2. The Morgan fingerprint density at radius 1 is 1.47 bits per heavy atom. The van der Waals surface area contributed by atoms with Crippen LogP contribution in [0, 0.1) is 5.92 Å². The first-order valence-electron chi connectivity index (χ1n) is 7.18. The van der Waals surface area contributed by atoms with Gasteiger partial charge in [-0.2, -0.15) is 0 Å². The third kappa shape index (κ3) is 2.27. The maximum atomic E-state index is 12.7. The summed E-state index contributed by atoms with van der Waals surface area (Å²) in [5.74, 6) is 1.56. The van der Waals surface area contributed by atoms with Crippen LogP contribution in [0.1, 0.15) is 48.5 Å². The fourth-order valence-electron chi connectivity index (χ4n) is 3.41. The van der Waals surface area contributed by atoms with Crippen molar-refractivity contribution in [2.75, 3.05) is 6.61 Å². The second-order valence-corrected chi connectivity index (χ2v) is 6.11. The van der Waals surface area contributed by atoms with E-state index in [-0.39, 0.29) is 5.78 Å². The molecule has 1 aliphatic carbocycles. The third-order valence-corrected chi connectivity index (χ3v) is 4.44. The highest BCUT2D eigenvalue weighted by Crippen LogP contribution is 2.34. The number of carbonyl (C=O) groups excluding carboxylic acids is 1. The molecular formula is C16H21NO2. The number of ketones is 1. The number of fused-ring (bicyclic) bond motifs is 1. The molecule has 3 heteroatoms. The predicted octanol–water partition coefficient (Wildman–Crippen LogP) is 2.71. The molecule has 2 aliphatic rings. The molecule has 2 N–H and O–H groups in total. The molecule has 3 rings (SSSR count). The van der Waals surface area contributed by atoms with Crippen LogP contribution in [0.15, 0.2) is 18.2 Å². The molecule has 0 radical (unpaired) electrons. The van der Waals surface area contributed by atoms with E-state index in [1.54, 1.807) is 0 Å². The highest BCUT2D eigenvalue weighted by molar-refractivity contribution is 6.03. The van der Waals surface area contributed by atoms with Crippen LogP contribution in [-0.2, 0) is 6.42 Å². The molecule has 2 atom stereocenters. The molecule has 0 spiro atoms. The van der Waals surface area contributed by atoms with Gasteiger partial charge in [-0.15, -0.1) is 0 Å². The number of ether oxygens (including phenoxy) is 1. The lowest BCUT2D eigenvalue weighted by molar-refractivity contribution is 0.0819. The highest BCUT2D eigenvalue weighted by Gasteiger charge is 2.38. The summed E-state index contributed by atoms with van der Waals surface area (Å²) in [5.41, 5.74) is 7.62.